The highest BCUT2D eigenvalue weighted by molar-refractivity contribution is 7.18. The molecule has 0 spiro atoms. The number of rotatable bonds is 0. The molecule has 2 aromatic heterocycles. The summed E-state index contributed by atoms with van der Waals surface area (Å²) >= 11 is 1.67. The van der Waals surface area contributed by atoms with Crippen LogP contribution in [0.4, 0.5) is 5.95 Å². The molecule has 0 amide bonds. The van der Waals surface area contributed by atoms with E-state index >= 15 is 0 Å². The normalized spacial score (nSPS) is 11.5. The van der Waals surface area contributed by atoms with Crippen LogP contribution in [-0.2, 0) is 0 Å². The van der Waals surface area contributed by atoms with E-state index in [1.54, 1.807) is 11.3 Å². The second kappa shape index (κ2) is 2.45. The molecule has 0 saturated carbocycles. The summed E-state index contributed by atoms with van der Waals surface area (Å²) in [5.74, 6) is 0.443. The number of hydrogen-bond acceptors (Lipinski definition) is 4. The monoisotopic (exact) mass is 204 g/mol. The number of anilines is 1. The number of nitrogens with two attached hydrogens (primary N) is 1. The molecule has 0 saturated heterocycles. The van der Waals surface area contributed by atoms with Crippen LogP contribution in [0.3, 0.4) is 0 Å². The molecule has 0 aliphatic heterocycles. The first-order valence-corrected chi connectivity index (χ1v) is 5.07. The van der Waals surface area contributed by atoms with Crippen LogP contribution in [0, 0.1) is 6.92 Å². The third kappa shape index (κ3) is 0.927. The zero-order chi connectivity index (χ0) is 9.71. The van der Waals surface area contributed by atoms with Crippen molar-refractivity contribution in [2.45, 2.75) is 6.92 Å². The molecule has 0 radical (unpaired) electrons. The van der Waals surface area contributed by atoms with Gasteiger partial charge in [0.1, 0.15) is 11.0 Å². The van der Waals surface area contributed by atoms with Gasteiger partial charge in [0.2, 0.25) is 0 Å². The molecule has 3 aromatic rings. The molecule has 1 aromatic carbocycles. The first-order valence-electron chi connectivity index (χ1n) is 4.25. The Bertz CT molecular complexity index is 567. The fourth-order valence-corrected chi connectivity index (χ4v) is 2.42. The van der Waals surface area contributed by atoms with Gasteiger partial charge in [-0.15, -0.1) is 11.3 Å². The molecular formula is C9H8N4S. The molecule has 70 valence electrons. The van der Waals surface area contributed by atoms with Gasteiger partial charge < -0.3 is 10.7 Å². The standard InChI is InChI=1S/C9H8N4S/c1-4-11-8-6(14-4)3-2-5-7(8)13-9(10)12-5/h2-3H,1H3,(H3,10,12,13). The lowest BCUT2D eigenvalue weighted by atomic mass is 10.3. The van der Waals surface area contributed by atoms with Crippen molar-refractivity contribution in [3.8, 4) is 0 Å². The Morgan fingerprint density at radius 3 is 3.00 bits per heavy atom. The highest BCUT2D eigenvalue weighted by Gasteiger charge is 2.08. The molecule has 0 fully saturated rings. The third-order valence-electron chi connectivity index (χ3n) is 2.14. The van der Waals surface area contributed by atoms with Crippen LogP contribution >= 0.6 is 11.3 Å². The Hall–Kier alpha value is -1.62. The Balaban J connectivity index is 2.58. The fraction of sp³-hybridized carbons (Fsp3) is 0.111. The van der Waals surface area contributed by atoms with Gasteiger partial charge in [-0.25, -0.2) is 9.97 Å². The summed E-state index contributed by atoms with van der Waals surface area (Å²) in [6.07, 6.45) is 0. The average molecular weight is 204 g/mol. The Labute approximate surface area is 83.8 Å². The third-order valence-corrected chi connectivity index (χ3v) is 3.07. The Morgan fingerprint density at radius 1 is 1.29 bits per heavy atom. The number of nitrogens with one attached hydrogen (secondary N) is 1. The van der Waals surface area contributed by atoms with Crippen LogP contribution in [0.2, 0.25) is 0 Å². The number of aromatic nitrogens is 3. The van der Waals surface area contributed by atoms with Crippen LogP contribution in [0.15, 0.2) is 12.1 Å². The second-order valence-corrected chi connectivity index (χ2v) is 4.40. The van der Waals surface area contributed by atoms with Gasteiger partial charge in [0.15, 0.2) is 5.95 Å². The van der Waals surface area contributed by atoms with Gasteiger partial charge in [0.25, 0.3) is 0 Å². The molecule has 4 nitrogen and oxygen atoms in total. The van der Waals surface area contributed by atoms with Crippen molar-refractivity contribution in [1.82, 2.24) is 15.0 Å². The van der Waals surface area contributed by atoms with E-state index < -0.39 is 0 Å². The summed E-state index contributed by atoms with van der Waals surface area (Å²) in [5, 5.41) is 1.05. The van der Waals surface area contributed by atoms with Gasteiger partial charge in [-0.05, 0) is 19.1 Å². The van der Waals surface area contributed by atoms with Crippen molar-refractivity contribution in [1.29, 1.82) is 0 Å². The van der Waals surface area contributed by atoms with Gasteiger partial charge in [0, 0.05) is 0 Å². The summed E-state index contributed by atoms with van der Waals surface area (Å²) in [6, 6.07) is 4.03. The van der Waals surface area contributed by atoms with E-state index in [9.17, 15) is 0 Å². The number of benzene rings is 1. The molecule has 0 aliphatic rings. The fourth-order valence-electron chi connectivity index (χ4n) is 1.59. The van der Waals surface area contributed by atoms with E-state index in [-0.39, 0.29) is 0 Å². The lowest BCUT2D eigenvalue weighted by Crippen LogP contribution is -1.84. The minimum Gasteiger partial charge on any atom is -0.369 e. The molecule has 3 N–H and O–H groups in total. The van der Waals surface area contributed by atoms with Crippen molar-refractivity contribution >= 4 is 38.5 Å². The van der Waals surface area contributed by atoms with E-state index in [0.717, 1.165) is 26.3 Å². The smallest absolute Gasteiger partial charge is 0.198 e. The highest BCUT2D eigenvalue weighted by Crippen LogP contribution is 2.27. The number of hydrogen-bond donors (Lipinski definition) is 2. The minimum absolute atomic E-state index is 0.443. The molecule has 0 atom stereocenters. The lowest BCUT2D eigenvalue weighted by molar-refractivity contribution is 1.33. The molecule has 0 unspecified atom stereocenters. The molecular weight excluding hydrogens is 196 g/mol. The van der Waals surface area contributed by atoms with E-state index in [4.69, 9.17) is 5.73 Å². The number of aryl methyl sites for hydroxylation is 1. The average Bonchev–Trinajstić information content (AvgIpc) is 2.65. The maximum absolute atomic E-state index is 5.60. The van der Waals surface area contributed by atoms with Crippen LogP contribution < -0.4 is 5.73 Å². The molecule has 0 bridgehead atoms. The van der Waals surface area contributed by atoms with Crippen molar-refractivity contribution in [3.05, 3.63) is 17.1 Å². The summed E-state index contributed by atoms with van der Waals surface area (Å²) in [6.45, 7) is 1.99. The predicted molar refractivity (Wildman–Crippen MR) is 58.4 cm³/mol. The summed E-state index contributed by atoms with van der Waals surface area (Å²) < 4.78 is 1.15. The van der Waals surface area contributed by atoms with E-state index in [0.29, 0.717) is 5.95 Å². The zero-order valence-corrected chi connectivity index (χ0v) is 8.35. The SMILES string of the molecule is Cc1nc2c(ccc3[nH]c(N)nc32)s1. The predicted octanol–water partition coefficient (Wildman–Crippen LogP) is 2.06. The van der Waals surface area contributed by atoms with Gasteiger partial charge in [-0.2, -0.15) is 0 Å². The second-order valence-electron chi connectivity index (χ2n) is 3.16. The number of H-pyrrole nitrogens is 1. The number of nitrogen functional groups attached to an aromatic ring is 1. The van der Waals surface area contributed by atoms with Crippen LogP contribution in [0.5, 0.6) is 0 Å². The zero-order valence-electron chi connectivity index (χ0n) is 7.53. The molecule has 14 heavy (non-hydrogen) atoms. The van der Waals surface area contributed by atoms with E-state index in [1.165, 1.54) is 0 Å². The minimum atomic E-state index is 0.443. The van der Waals surface area contributed by atoms with Crippen molar-refractivity contribution < 1.29 is 0 Å². The van der Waals surface area contributed by atoms with Crippen molar-refractivity contribution in [2.24, 2.45) is 0 Å². The Morgan fingerprint density at radius 2 is 2.14 bits per heavy atom. The maximum Gasteiger partial charge on any atom is 0.198 e. The topological polar surface area (TPSA) is 67.6 Å². The Kier molecular flexibility index (Phi) is 1.36. The first kappa shape index (κ1) is 7.75. The van der Waals surface area contributed by atoms with E-state index in [1.807, 2.05) is 19.1 Å². The van der Waals surface area contributed by atoms with Crippen LogP contribution in [0.1, 0.15) is 5.01 Å². The number of imidazole rings is 1. The quantitative estimate of drug-likeness (QED) is 0.589. The highest BCUT2D eigenvalue weighted by atomic mass is 32.1. The number of fused-ring (bicyclic) bond motifs is 3. The number of nitrogens with zero attached hydrogens (tertiary/aromatic N) is 2. The van der Waals surface area contributed by atoms with Gasteiger partial charge in [-0.1, -0.05) is 0 Å². The molecule has 2 heterocycles. The lowest BCUT2D eigenvalue weighted by Gasteiger charge is -1.87. The number of aromatic amines is 1. The van der Waals surface area contributed by atoms with Gasteiger partial charge in [0.05, 0.1) is 15.2 Å². The maximum atomic E-state index is 5.60. The van der Waals surface area contributed by atoms with Crippen molar-refractivity contribution in [3.63, 3.8) is 0 Å². The first-order chi connectivity index (χ1) is 6.74. The summed E-state index contributed by atoms with van der Waals surface area (Å²) in [5.41, 5.74) is 8.35. The largest absolute Gasteiger partial charge is 0.369 e. The van der Waals surface area contributed by atoms with Gasteiger partial charge >= 0.3 is 0 Å². The van der Waals surface area contributed by atoms with Crippen molar-refractivity contribution in [2.75, 3.05) is 5.73 Å². The summed E-state index contributed by atoms with van der Waals surface area (Å²) in [4.78, 5) is 11.6. The molecule has 0 aliphatic carbocycles. The summed E-state index contributed by atoms with van der Waals surface area (Å²) in [7, 11) is 0. The molecule has 3 rings (SSSR count). The molecule has 5 heteroatoms. The van der Waals surface area contributed by atoms with Gasteiger partial charge in [-0.3, -0.25) is 0 Å². The van der Waals surface area contributed by atoms with Crippen LogP contribution in [0.25, 0.3) is 21.3 Å². The van der Waals surface area contributed by atoms with E-state index in [2.05, 4.69) is 15.0 Å². The number of thiazole rings is 1. The van der Waals surface area contributed by atoms with Crippen LogP contribution in [-0.4, -0.2) is 15.0 Å².